The molecule has 1 N–H and O–H groups in total. The maximum Gasteiger partial charge on any atom is 0.308 e. The Kier molecular flexibility index (Phi) is 4.13. The third-order valence-electron chi connectivity index (χ3n) is 3.62. The largest absolute Gasteiger partial charge is 0.481 e. The normalized spacial score (nSPS) is 21.3. The summed E-state index contributed by atoms with van der Waals surface area (Å²) in [6.07, 6.45) is 0. The molecule has 1 aliphatic rings. The topological polar surface area (TPSA) is 101 Å². The predicted molar refractivity (Wildman–Crippen MR) is 74.3 cm³/mol. The van der Waals surface area contributed by atoms with E-state index in [4.69, 9.17) is 16.7 Å². The number of nitrogens with zero attached hydrogens (tertiary/aromatic N) is 2. The van der Waals surface area contributed by atoms with Crippen LogP contribution in [-0.4, -0.2) is 39.9 Å². The molecule has 1 saturated heterocycles. The number of carbonyl (C=O) groups excluding carboxylic acids is 1. The Balaban J connectivity index is 2.34. The van der Waals surface area contributed by atoms with E-state index >= 15 is 0 Å². The molecule has 1 aliphatic heterocycles. The van der Waals surface area contributed by atoms with E-state index in [1.165, 1.54) is 23.1 Å². The minimum Gasteiger partial charge on any atom is -0.481 e. The number of rotatable bonds is 3. The number of aliphatic carboxylic acids is 1. The Labute approximate surface area is 125 Å². The van der Waals surface area contributed by atoms with Crippen LogP contribution in [0.3, 0.4) is 0 Å². The first-order valence-corrected chi connectivity index (χ1v) is 6.65. The van der Waals surface area contributed by atoms with Gasteiger partial charge in [0.15, 0.2) is 0 Å². The summed E-state index contributed by atoms with van der Waals surface area (Å²) in [5.74, 6) is -2.47. The van der Waals surface area contributed by atoms with Gasteiger partial charge in [0.05, 0.1) is 15.9 Å². The second kappa shape index (κ2) is 5.69. The first-order chi connectivity index (χ1) is 9.82. The average molecular weight is 313 g/mol. The number of hydrogen-bond donors (Lipinski definition) is 1. The van der Waals surface area contributed by atoms with Gasteiger partial charge in [-0.3, -0.25) is 19.7 Å². The minimum absolute atomic E-state index is 0.0133. The fourth-order valence-corrected chi connectivity index (χ4v) is 2.74. The van der Waals surface area contributed by atoms with Crippen LogP contribution in [0.2, 0.25) is 5.02 Å². The van der Waals surface area contributed by atoms with Crippen molar-refractivity contribution in [1.29, 1.82) is 0 Å². The molecule has 1 aromatic carbocycles. The highest BCUT2D eigenvalue weighted by molar-refractivity contribution is 6.34. The molecule has 0 aliphatic carbocycles. The standard InChI is InChI=1S/C13H13ClN2O5/c1-7-5-15(6-8(7)13(18)19)12(17)11-9(14)3-2-4-10(11)16(20)21/h2-4,7-8H,5-6H2,1H3,(H,18,19). The number of carbonyl (C=O) groups is 2. The second-order valence-electron chi connectivity index (χ2n) is 5.02. The Morgan fingerprint density at radius 2 is 2.10 bits per heavy atom. The quantitative estimate of drug-likeness (QED) is 0.680. The zero-order valence-corrected chi connectivity index (χ0v) is 11.9. The molecule has 0 aromatic heterocycles. The molecule has 8 heteroatoms. The van der Waals surface area contributed by atoms with Crippen LogP contribution in [0.15, 0.2) is 18.2 Å². The fraction of sp³-hybridized carbons (Fsp3) is 0.385. The summed E-state index contributed by atoms with van der Waals surface area (Å²) in [7, 11) is 0. The van der Waals surface area contributed by atoms with Crippen molar-refractivity contribution in [3.63, 3.8) is 0 Å². The van der Waals surface area contributed by atoms with Crippen LogP contribution < -0.4 is 0 Å². The number of carboxylic acid groups (broad SMARTS) is 1. The first-order valence-electron chi connectivity index (χ1n) is 6.28. The smallest absolute Gasteiger partial charge is 0.308 e. The maximum atomic E-state index is 12.5. The van der Waals surface area contributed by atoms with Crippen molar-refractivity contribution in [1.82, 2.24) is 4.90 Å². The lowest BCUT2D eigenvalue weighted by Gasteiger charge is -2.16. The predicted octanol–water partition coefficient (Wildman–Crippen LogP) is 2.04. The van der Waals surface area contributed by atoms with Crippen LogP contribution >= 0.6 is 11.6 Å². The molecule has 21 heavy (non-hydrogen) atoms. The van der Waals surface area contributed by atoms with Gasteiger partial charge >= 0.3 is 5.97 Å². The van der Waals surface area contributed by atoms with Gasteiger partial charge in [0.2, 0.25) is 0 Å². The number of hydrogen-bond acceptors (Lipinski definition) is 4. The summed E-state index contributed by atoms with van der Waals surface area (Å²) in [6, 6.07) is 3.99. The van der Waals surface area contributed by atoms with E-state index in [1.807, 2.05) is 0 Å². The molecule has 7 nitrogen and oxygen atoms in total. The summed E-state index contributed by atoms with van der Waals surface area (Å²) < 4.78 is 0. The van der Waals surface area contributed by atoms with Crippen molar-refractivity contribution in [2.75, 3.05) is 13.1 Å². The number of likely N-dealkylation sites (tertiary alicyclic amines) is 1. The van der Waals surface area contributed by atoms with Crippen LogP contribution in [-0.2, 0) is 4.79 Å². The Morgan fingerprint density at radius 1 is 1.43 bits per heavy atom. The molecule has 2 unspecified atom stereocenters. The number of amides is 1. The third kappa shape index (κ3) is 2.82. The van der Waals surface area contributed by atoms with Crippen molar-refractivity contribution in [3.05, 3.63) is 38.9 Å². The van der Waals surface area contributed by atoms with Gasteiger partial charge in [0, 0.05) is 19.2 Å². The highest BCUT2D eigenvalue weighted by Gasteiger charge is 2.39. The zero-order valence-electron chi connectivity index (χ0n) is 11.2. The third-order valence-corrected chi connectivity index (χ3v) is 3.93. The molecule has 1 heterocycles. The molecular formula is C13H13ClN2O5. The monoisotopic (exact) mass is 312 g/mol. The van der Waals surface area contributed by atoms with Crippen molar-refractivity contribution in [3.8, 4) is 0 Å². The van der Waals surface area contributed by atoms with E-state index < -0.39 is 22.7 Å². The molecule has 1 fully saturated rings. The van der Waals surface area contributed by atoms with Gasteiger partial charge in [-0.2, -0.15) is 0 Å². The van der Waals surface area contributed by atoms with E-state index in [0.717, 1.165) is 0 Å². The van der Waals surface area contributed by atoms with Gasteiger partial charge in [-0.05, 0) is 12.0 Å². The van der Waals surface area contributed by atoms with E-state index in [9.17, 15) is 19.7 Å². The number of halogens is 1. The van der Waals surface area contributed by atoms with Crippen LogP contribution in [0.25, 0.3) is 0 Å². The molecule has 1 aromatic rings. The minimum atomic E-state index is -0.980. The summed E-state index contributed by atoms with van der Waals surface area (Å²) in [5.41, 5.74) is -0.568. The lowest BCUT2D eigenvalue weighted by molar-refractivity contribution is -0.385. The molecule has 1 amide bonds. The van der Waals surface area contributed by atoms with E-state index in [-0.39, 0.29) is 35.3 Å². The van der Waals surface area contributed by atoms with Gasteiger partial charge < -0.3 is 10.0 Å². The average Bonchev–Trinajstić information content (AvgIpc) is 2.80. The molecule has 2 rings (SSSR count). The van der Waals surface area contributed by atoms with Crippen LogP contribution in [0.5, 0.6) is 0 Å². The van der Waals surface area contributed by atoms with Crippen LogP contribution in [0, 0.1) is 22.0 Å². The summed E-state index contributed by atoms with van der Waals surface area (Å²) in [5, 5.41) is 20.1. The van der Waals surface area contributed by atoms with Crippen LogP contribution in [0.1, 0.15) is 17.3 Å². The Hall–Kier alpha value is -2.15. The van der Waals surface area contributed by atoms with Crippen LogP contribution in [0.4, 0.5) is 5.69 Å². The molecule has 112 valence electrons. The van der Waals surface area contributed by atoms with Crippen molar-refractivity contribution < 1.29 is 19.6 Å². The van der Waals surface area contributed by atoms with E-state index in [0.29, 0.717) is 0 Å². The van der Waals surface area contributed by atoms with Gasteiger partial charge in [-0.1, -0.05) is 24.6 Å². The number of carboxylic acids is 1. The summed E-state index contributed by atoms with van der Waals surface area (Å²) >= 11 is 5.91. The zero-order chi connectivity index (χ0) is 15.7. The Morgan fingerprint density at radius 3 is 2.62 bits per heavy atom. The number of benzene rings is 1. The van der Waals surface area contributed by atoms with E-state index in [2.05, 4.69) is 0 Å². The lowest BCUT2D eigenvalue weighted by atomic mass is 9.99. The fourth-order valence-electron chi connectivity index (χ4n) is 2.49. The van der Waals surface area contributed by atoms with Crippen molar-refractivity contribution in [2.45, 2.75) is 6.92 Å². The molecule has 0 saturated carbocycles. The molecular weight excluding hydrogens is 300 g/mol. The second-order valence-corrected chi connectivity index (χ2v) is 5.43. The van der Waals surface area contributed by atoms with Gasteiger partial charge in [-0.25, -0.2) is 0 Å². The highest BCUT2D eigenvalue weighted by Crippen LogP contribution is 2.31. The highest BCUT2D eigenvalue weighted by atomic mass is 35.5. The van der Waals surface area contributed by atoms with Gasteiger partial charge in [0.25, 0.3) is 11.6 Å². The van der Waals surface area contributed by atoms with Gasteiger partial charge in [0.1, 0.15) is 5.56 Å². The maximum absolute atomic E-state index is 12.5. The summed E-state index contributed by atoms with van der Waals surface area (Å²) in [6.45, 7) is 1.99. The number of nitro groups is 1. The van der Waals surface area contributed by atoms with E-state index in [1.54, 1.807) is 6.92 Å². The van der Waals surface area contributed by atoms with Gasteiger partial charge in [-0.15, -0.1) is 0 Å². The Bertz CT molecular complexity index is 619. The first kappa shape index (κ1) is 15.2. The summed E-state index contributed by atoms with van der Waals surface area (Å²) in [4.78, 5) is 35.2. The SMILES string of the molecule is CC1CN(C(=O)c2c(Cl)cccc2[N+](=O)[O-])CC1C(=O)O. The molecule has 0 spiro atoms. The number of nitro benzene ring substituents is 1. The lowest BCUT2D eigenvalue weighted by Crippen LogP contribution is -2.30. The molecule has 2 atom stereocenters. The van der Waals surface area contributed by atoms with Crippen molar-refractivity contribution in [2.24, 2.45) is 11.8 Å². The molecule has 0 radical (unpaired) electrons. The molecule has 0 bridgehead atoms. The van der Waals surface area contributed by atoms with Crippen molar-refractivity contribution >= 4 is 29.2 Å².